The number of primary amides is 2. The Morgan fingerprint density at radius 2 is 1.52 bits per heavy atom. The molecule has 162 valence electrons. The molecule has 0 radical (unpaired) electrons. The van der Waals surface area contributed by atoms with E-state index in [2.05, 4.69) is 30.9 Å². The quantitative estimate of drug-likeness (QED) is 0.435. The summed E-state index contributed by atoms with van der Waals surface area (Å²) >= 11 is 0. The summed E-state index contributed by atoms with van der Waals surface area (Å²) in [6, 6.07) is 0. The van der Waals surface area contributed by atoms with E-state index >= 15 is 0 Å². The number of likely N-dealkylation sites (tertiary alicyclic amines) is 1. The molecule has 1 heterocycles. The minimum atomic E-state index is -0.813. The Kier molecular flexibility index (Phi) is 5.33. The molecule has 2 amide bonds. The first-order chi connectivity index (χ1) is 13.8. The summed E-state index contributed by atoms with van der Waals surface area (Å²) in [6.45, 7) is 7.81. The van der Waals surface area contributed by atoms with Gasteiger partial charge < -0.3 is 16.4 Å². The maximum absolute atomic E-state index is 13.2. The van der Waals surface area contributed by atoms with Crippen molar-refractivity contribution < 1.29 is 9.59 Å². The van der Waals surface area contributed by atoms with E-state index in [0.717, 1.165) is 38.6 Å². The Morgan fingerprint density at radius 3 is 2.00 bits per heavy atom. The Hall–Kier alpha value is -1.36. The maximum atomic E-state index is 13.2. The zero-order valence-electron chi connectivity index (χ0n) is 18.3. The fourth-order valence-electron chi connectivity index (χ4n) is 7.44. The zero-order valence-corrected chi connectivity index (χ0v) is 18.3. The van der Waals surface area contributed by atoms with Gasteiger partial charge in [0.1, 0.15) is 0 Å². The van der Waals surface area contributed by atoms with Gasteiger partial charge >= 0.3 is 0 Å². The van der Waals surface area contributed by atoms with Gasteiger partial charge in [0.2, 0.25) is 11.8 Å². The van der Waals surface area contributed by atoms with Crippen LogP contribution in [0.5, 0.6) is 0 Å². The predicted octanol–water partition coefficient (Wildman–Crippen LogP) is 3.23. The Labute approximate surface area is 175 Å². The molecule has 4 aliphatic rings. The molecule has 0 aromatic rings. The van der Waals surface area contributed by atoms with Crippen LogP contribution >= 0.6 is 0 Å². The molecule has 2 bridgehead atoms. The minimum Gasteiger partial charge on any atom is -0.369 e. The van der Waals surface area contributed by atoms with E-state index < -0.39 is 10.8 Å². The molecule has 4 atom stereocenters. The molecule has 5 nitrogen and oxygen atoms in total. The Bertz CT molecular complexity index is 692. The van der Waals surface area contributed by atoms with Gasteiger partial charge in [0.05, 0.1) is 10.8 Å². The lowest BCUT2D eigenvalue weighted by atomic mass is 9.53. The summed E-state index contributed by atoms with van der Waals surface area (Å²) in [5.41, 5.74) is 10.8. The first kappa shape index (κ1) is 20.9. The highest BCUT2D eigenvalue weighted by Gasteiger charge is 2.81. The lowest BCUT2D eigenvalue weighted by Crippen LogP contribution is -2.59. The van der Waals surface area contributed by atoms with Crippen molar-refractivity contribution in [3.05, 3.63) is 12.2 Å². The number of unbranched alkanes of at least 4 members (excludes halogenated alkanes) is 1. The van der Waals surface area contributed by atoms with Gasteiger partial charge in [-0.15, -0.1) is 0 Å². The van der Waals surface area contributed by atoms with E-state index in [0.29, 0.717) is 18.8 Å². The van der Waals surface area contributed by atoms with Crippen molar-refractivity contribution in [2.75, 3.05) is 19.6 Å². The van der Waals surface area contributed by atoms with Crippen LogP contribution in [-0.2, 0) is 9.59 Å². The van der Waals surface area contributed by atoms with E-state index in [-0.39, 0.29) is 29.1 Å². The molecule has 0 aromatic carbocycles. The second kappa shape index (κ2) is 7.40. The summed E-state index contributed by atoms with van der Waals surface area (Å²) in [5, 5.41) is 0. The number of rotatable bonds is 10. The normalized spacial score (nSPS) is 37.1. The molecule has 4 N–H and O–H groups in total. The number of nitrogens with two attached hydrogens (primary N) is 2. The number of hydrogen-bond donors (Lipinski definition) is 2. The van der Waals surface area contributed by atoms with Gasteiger partial charge in [-0.05, 0) is 94.2 Å². The number of hydrogen-bond acceptors (Lipinski definition) is 3. The van der Waals surface area contributed by atoms with Crippen LogP contribution in [0.4, 0.5) is 0 Å². The third kappa shape index (κ3) is 2.90. The monoisotopic (exact) mass is 401 g/mol. The molecule has 0 aromatic heterocycles. The zero-order chi connectivity index (χ0) is 20.9. The number of carbonyl (C=O) groups excluding carboxylic acids is 2. The van der Waals surface area contributed by atoms with Crippen molar-refractivity contribution in [3.63, 3.8) is 0 Å². The molecular weight excluding hydrogens is 362 g/mol. The third-order valence-electron chi connectivity index (χ3n) is 8.91. The SMILES string of the molecule is CC(C)CC[C@@]1(C(N)=O)[C@H]2C=C[C@H](C23CC3)[C@@]1(CCCCN1CCCC1)C(N)=O. The van der Waals surface area contributed by atoms with Crippen molar-refractivity contribution in [1.29, 1.82) is 0 Å². The molecule has 4 rings (SSSR count). The molecule has 0 unspecified atom stereocenters. The topological polar surface area (TPSA) is 89.4 Å². The Balaban J connectivity index is 1.63. The first-order valence-electron chi connectivity index (χ1n) is 11.8. The molecule has 3 fully saturated rings. The van der Waals surface area contributed by atoms with E-state index in [9.17, 15) is 9.59 Å². The fraction of sp³-hybridized carbons (Fsp3) is 0.833. The lowest BCUT2D eigenvalue weighted by Gasteiger charge is -2.48. The number of carbonyl (C=O) groups is 2. The summed E-state index contributed by atoms with van der Waals surface area (Å²) < 4.78 is 0. The second-order valence-electron chi connectivity index (χ2n) is 10.7. The molecule has 2 saturated carbocycles. The highest BCUT2D eigenvalue weighted by molar-refractivity contribution is 5.95. The summed E-state index contributed by atoms with van der Waals surface area (Å²) in [4.78, 5) is 28.9. The molecular formula is C24H39N3O2. The van der Waals surface area contributed by atoms with Gasteiger partial charge in [-0.25, -0.2) is 0 Å². The van der Waals surface area contributed by atoms with Crippen molar-refractivity contribution in [2.24, 2.45) is 45.5 Å². The van der Waals surface area contributed by atoms with E-state index in [1.807, 2.05) is 0 Å². The predicted molar refractivity (Wildman–Crippen MR) is 115 cm³/mol. The van der Waals surface area contributed by atoms with Crippen molar-refractivity contribution >= 4 is 11.8 Å². The van der Waals surface area contributed by atoms with Crippen LogP contribution in [0.25, 0.3) is 0 Å². The molecule has 1 aliphatic heterocycles. The van der Waals surface area contributed by atoms with Gasteiger partial charge in [-0.3, -0.25) is 9.59 Å². The van der Waals surface area contributed by atoms with Gasteiger partial charge in [-0.2, -0.15) is 0 Å². The average molecular weight is 402 g/mol. The van der Waals surface area contributed by atoms with Crippen LogP contribution in [0.15, 0.2) is 12.2 Å². The van der Waals surface area contributed by atoms with E-state index in [1.54, 1.807) is 0 Å². The first-order valence-corrected chi connectivity index (χ1v) is 11.8. The van der Waals surface area contributed by atoms with Crippen molar-refractivity contribution in [2.45, 2.75) is 71.6 Å². The van der Waals surface area contributed by atoms with E-state index in [4.69, 9.17) is 11.5 Å². The van der Waals surface area contributed by atoms with Gasteiger partial charge in [0.15, 0.2) is 0 Å². The highest BCUT2D eigenvalue weighted by atomic mass is 16.2. The molecule has 3 aliphatic carbocycles. The maximum Gasteiger partial charge on any atom is 0.225 e. The van der Waals surface area contributed by atoms with E-state index in [1.165, 1.54) is 25.9 Å². The van der Waals surface area contributed by atoms with Crippen LogP contribution < -0.4 is 11.5 Å². The summed E-state index contributed by atoms with van der Waals surface area (Å²) in [6.07, 6.45) is 13.5. The van der Waals surface area contributed by atoms with Gasteiger partial charge in [0.25, 0.3) is 0 Å². The summed E-state index contributed by atoms with van der Waals surface area (Å²) in [5.74, 6) is 0.0560. The Morgan fingerprint density at radius 1 is 0.966 bits per heavy atom. The number of amides is 2. The third-order valence-corrected chi connectivity index (χ3v) is 8.91. The molecule has 1 saturated heterocycles. The van der Waals surface area contributed by atoms with Crippen LogP contribution in [0.3, 0.4) is 0 Å². The largest absolute Gasteiger partial charge is 0.369 e. The van der Waals surface area contributed by atoms with Crippen LogP contribution in [0, 0.1) is 34.0 Å². The minimum absolute atomic E-state index is 0.0655. The van der Waals surface area contributed by atoms with Crippen LogP contribution in [-0.4, -0.2) is 36.3 Å². The lowest BCUT2D eigenvalue weighted by molar-refractivity contribution is -0.153. The highest BCUT2D eigenvalue weighted by Crippen LogP contribution is 2.81. The molecule has 29 heavy (non-hydrogen) atoms. The average Bonchev–Trinajstić information content (AvgIpc) is 3.04. The van der Waals surface area contributed by atoms with Gasteiger partial charge in [0, 0.05) is 0 Å². The smallest absolute Gasteiger partial charge is 0.225 e. The summed E-state index contributed by atoms with van der Waals surface area (Å²) in [7, 11) is 0. The fourth-order valence-corrected chi connectivity index (χ4v) is 7.44. The number of allylic oxidation sites excluding steroid dienone is 2. The van der Waals surface area contributed by atoms with Gasteiger partial charge in [-0.1, -0.05) is 32.4 Å². The van der Waals surface area contributed by atoms with Crippen molar-refractivity contribution in [3.8, 4) is 0 Å². The number of nitrogens with zero attached hydrogens (tertiary/aromatic N) is 1. The van der Waals surface area contributed by atoms with Crippen LogP contribution in [0.2, 0.25) is 0 Å². The molecule has 5 heteroatoms. The van der Waals surface area contributed by atoms with Crippen molar-refractivity contribution in [1.82, 2.24) is 4.90 Å². The second-order valence-corrected chi connectivity index (χ2v) is 10.7. The standard InChI is InChI=1S/C24H39N3O2/c1-17(2)9-11-24(21(26)29)19-8-7-18(22(19)12-13-22)23(24,20(25)28)10-3-4-14-27-15-5-6-16-27/h7-8,17-19H,3-6,9-16H2,1-2H3,(H2,25,28)(H2,26,29)/t18-,19+,23+,24+/m1/s1. The van der Waals surface area contributed by atoms with Crippen LogP contribution in [0.1, 0.15) is 71.6 Å². The molecule has 1 spiro atoms.